The highest BCUT2D eigenvalue weighted by atomic mass is 35.5. The molecule has 50 heavy (non-hydrogen) atoms. The van der Waals surface area contributed by atoms with Crippen LogP contribution in [-0.2, 0) is 25.9 Å². The van der Waals surface area contributed by atoms with Gasteiger partial charge in [-0.1, -0.05) is 12.1 Å². The number of amides is 4. The highest BCUT2D eigenvalue weighted by Gasteiger charge is 2.20. The number of aromatic nitrogens is 5. The lowest BCUT2D eigenvalue weighted by molar-refractivity contribution is -0.111. The molecule has 3 heterocycles. The van der Waals surface area contributed by atoms with Crippen LogP contribution in [0.2, 0.25) is 0 Å². The molecule has 18 heteroatoms. The number of alkyl halides is 2. The SMILES string of the molecule is Cn1cc(NC(=O)/C=C/c2cccc(N(CCCl)CCCl)c2)cc1C(=O)Nc1cc(C(=O)Nc2cc(C(=O)NCCC(=N)N)n(C)n2)n(C)n1. The lowest BCUT2D eigenvalue weighted by Gasteiger charge is -2.23. The van der Waals surface area contributed by atoms with Crippen molar-refractivity contribution in [1.82, 2.24) is 29.4 Å². The Morgan fingerprint density at radius 3 is 2.06 bits per heavy atom. The van der Waals surface area contributed by atoms with Crippen molar-refractivity contribution in [2.24, 2.45) is 26.9 Å². The minimum atomic E-state index is -0.575. The Bertz CT molecular complexity index is 1910. The molecule has 0 radical (unpaired) electrons. The van der Waals surface area contributed by atoms with Gasteiger partial charge in [0, 0.05) is 89.1 Å². The molecule has 0 saturated carbocycles. The highest BCUT2D eigenvalue weighted by molar-refractivity contribution is 6.18. The summed E-state index contributed by atoms with van der Waals surface area (Å²) < 4.78 is 4.14. The molecule has 264 valence electrons. The number of carbonyl (C=O) groups is 4. The van der Waals surface area contributed by atoms with Crippen LogP contribution >= 0.6 is 23.2 Å². The number of nitrogens with zero attached hydrogens (tertiary/aromatic N) is 6. The third kappa shape index (κ3) is 9.96. The zero-order valence-corrected chi connectivity index (χ0v) is 29.2. The number of halogens is 2. The van der Waals surface area contributed by atoms with E-state index < -0.39 is 17.7 Å². The van der Waals surface area contributed by atoms with Crippen molar-refractivity contribution in [3.8, 4) is 0 Å². The predicted molar refractivity (Wildman–Crippen MR) is 194 cm³/mol. The number of nitrogens with two attached hydrogens (primary N) is 1. The summed E-state index contributed by atoms with van der Waals surface area (Å²) in [6.45, 7) is 1.47. The molecule has 16 nitrogen and oxygen atoms in total. The Hall–Kier alpha value is -5.61. The van der Waals surface area contributed by atoms with E-state index in [1.807, 2.05) is 24.3 Å². The maximum absolute atomic E-state index is 13.1. The molecular formula is C32H38Cl2N12O4. The van der Waals surface area contributed by atoms with E-state index in [2.05, 4.69) is 36.4 Å². The number of anilines is 4. The zero-order valence-electron chi connectivity index (χ0n) is 27.7. The molecule has 0 aliphatic carbocycles. The molecule has 0 aliphatic heterocycles. The summed E-state index contributed by atoms with van der Waals surface area (Å²) in [5, 5.41) is 26.3. The van der Waals surface area contributed by atoms with Crippen LogP contribution in [0.1, 0.15) is 43.4 Å². The molecule has 0 aliphatic rings. The molecule has 4 aromatic rings. The normalized spacial score (nSPS) is 11.0. The van der Waals surface area contributed by atoms with E-state index in [9.17, 15) is 19.2 Å². The summed E-state index contributed by atoms with van der Waals surface area (Å²) in [5.74, 6) is -0.824. The summed E-state index contributed by atoms with van der Waals surface area (Å²) >= 11 is 11.9. The summed E-state index contributed by atoms with van der Waals surface area (Å²) in [6, 6.07) is 12.0. The van der Waals surface area contributed by atoms with Crippen LogP contribution in [0.3, 0.4) is 0 Å². The third-order valence-corrected chi connectivity index (χ3v) is 7.60. The maximum atomic E-state index is 13.1. The lowest BCUT2D eigenvalue weighted by atomic mass is 10.1. The van der Waals surface area contributed by atoms with E-state index >= 15 is 0 Å². The minimum absolute atomic E-state index is 0.0515. The van der Waals surface area contributed by atoms with Crippen molar-refractivity contribution in [2.75, 3.05) is 52.2 Å². The third-order valence-electron chi connectivity index (χ3n) is 7.26. The van der Waals surface area contributed by atoms with E-state index in [0.29, 0.717) is 30.5 Å². The smallest absolute Gasteiger partial charge is 0.275 e. The largest absolute Gasteiger partial charge is 0.388 e. The van der Waals surface area contributed by atoms with Gasteiger partial charge in [0.05, 0.1) is 11.5 Å². The fourth-order valence-corrected chi connectivity index (χ4v) is 5.27. The molecule has 7 N–H and O–H groups in total. The number of rotatable bonds is 16. The zero-order chi connectivity index (χ0) is 36.4. The number of aryl methyl sites for hydroxylation is 3. The van der Waals surface area contributed by atoms with Crippen molar-refractivity contribution < 1.29 is 19.2 Å². The summed E-state index contributed by atoms with van der Waals surface area (Å²) in [6.07, 6.45) is 4.89. The van der Waals surface area contributed by atoms with Gasteiger partial charge in [-0.25, -0.2) is 0 Å². The van der Waals surface area contributed by atoms with Gasteiger partial charge >= 0.3 is 0 Å². The van der Waals surface area contributed by atoms with E-state index in [-0.39, 0.29) is 53.4 Å². The second-order valence-electron chi connectivity index (χ2n) is 11.0. The molecule has 0 saturated heterocycles. The standard InChI is InChI=1S/C32H38Cl2N12O4/c1-43-19-21(38-29(47)8-7-20-5-4-6-22(15-20)46(13-10-33)14-11-34)16-23(43)31(49)39-28-18-25(45(3)42-28)32(50)40-27-17-24(44(2)41-27)30(48)37-12-9-26(35)36/h4-8,15-19H,9-14H2,1-3H3,(H3,35,36)(H,37,48)(H,38,47)(H,39,42,49)(H,40,41,50)/b8-7+. The molecule has 0 unspecified atom stereocenters. The fourth-order valence-electron chi connectivity index (χ4n) is 4.86. The van der Waals surface area contributed by atoms with Crippen molar-refractivity contribution in [1.29, 1.82) is 5.41 Å². The van der Waals surface area contributed by atoms with Gasteiger partial charge in [0.2, 0.25) is 5.91 Å². The molecule has 0 fully saturated rings. The average Bonchev–Trinajstić information content (AvgIpc) is 3.74. The average molecular weight is 726 g/mol. The Labute approximate surface area is 298 Å². The Morgan fingerprint density at radius 2 is 1.46 bits per heavy atom. The first-order chi connectivity index (χ1) is 23.9. The molecule has 0 bridgehead atoms. The molecule has 1 aromatic carbocycles. The van der Waals surface area contributed by atoms with Crippen LogP contribution in [-0.4, -0.2) is 85.0 Å². The van der Waals surface area contributed by atoms with E-state index in [1.54, 1.807) is 30.9 Å². The maximum Gasteiger partial charge on any atom is 0.275 e. The number of hydrogen-bond donors (Lipinski definition) is 6. The monoisotopic (exact) mass is 724 g/mol. The van der Waals surface area contributed by atoms with Gasteiger partial charge in [-0.2, -0.15) is 10.2 Å². The van der Waals surface area contributed by atoms with Crippen molar-refractivity contribution in [3.63, 3.8) is 0 Å². The molecule has 0 spiro atoms. The van der Waals surface area contributed by atoms with E-state index in [0.717, 1.165) is 11.3 Å². The topological polar surface area (TPSA) is 210 Å². The van der Waals surface area contributed by atoms with Crippen molar-refractivity contribution in [2.45, 2.75) is 6.42 Å². The Kier molecular flexibility index (Phi) is 12.8. The minimum Gasteiger partial charge on any atom is -0.388 e. The van der Waals surface area contributed by atoms with Gasteiger partial charge in [-0.05, 0) is 29.8 Å². The number of carbonyl (C=O) groups excluding carboxylic acids is 4. The molecule has 4 rings (SSSR count). The fraction of sp³-hybridized carbons (Fsp3) is 0.281. The Morgan fingerprint density at radius 1 is 0.860 bits per heavy atom. The second kappa shape index (κ2) is 17.2. The van der Waals surface area contributed by atoms with Gasteiger partial charge < -0.3 is 36.5 Å². The molecule has 3 aromatic heterocycles. The van der Waals surface area contributed by atoms with Gasteiger partial charge in [0.1, 0.15) is 17.1 Å². The summed E-state index contributed by atoms with van der Waals surface area (Å²) in [7, 11) is 4.74. The van der Waals surface area contributed by atoms with Crippen LogP contribution in [0.5, 0.6) is 0 Å². The molecule has 0 atom stereocenters. The quantitative estimate of drug-likeness (QED) is 0.0437. The van der Waals surface area contributed by atoms with Crippen molar-refractivity contribution >= 4 is 81.8 Å². The highest BCUT2D eigenvalue weighted by Crippen LogP contribution is 2.19. The van der Waals surface area contributed by atoms with Crippen LogP contribution < -0.4 is 31.9 Å². The number of amidine groups is 1. The number of hydrogen-bond acceptors (Lipinski definition) is 8. The molecule has 4 amide bonds. The van der Waals surface area contributed by atoms with Gasteiger partial charge in [0.25, 0.3) is 17.7 Å². The van der Waals surface area contributed by atoms with Crippen LogP contribution in [0.4, 0.5) is 23.0 Å². The van der Waals surface area contributed by atoms with Gasteiger partial charge in [0.15, 0.2) is 11.6 Å². The van der Waals surface area contributed by atoms with Crippen molar-refractivity contribution in [3.05, 3.63) is 77.4 Å². The first-order valence-electron chi connectivity index (χ1n) is 15.3. The summed E-state index contributed by atoms with van der Waals surface area (Å²) in [4.78, 5) is 53.3. The van der Waals surface area contributed by atoms with Crippen LogP contribution in [0.15, 0.2) is 54.7 Å². The van der Waals surface area contributed by atoms with E-state index in [4.69, 9.17) is 34.3 Å². The second-order valence-corrected chi connectivity index (χ2v) is 11.8. The van der Waals surface area contributed by atoms with Gasteiger partial charge in [-0.3, -0.25) is 34.0 Å². The number of nitrogens with one attached hydrogen (secondary N) is 5. The van der Waals surface area contributed by atoms with E-state index in [1.165, 1.54) is 40.7 Å². The first kappa shape index (κ1) is 37.2. The van der Waals surface area contributed by atoms with Crippen LogP contribution in [0, 0.1) is 5.41 Å². The predicted octanol–water partition coefficient (Wildman–Crippen LogP) is 2.99. The summed E-state index contributed by atoms with van der Waals surface area (Å²) in [5.41, 5.74) is 8.01. The Balaban J connectivity index is 1.35. The lowest BCUT2D eigenvalue weighted by Crippen LogP contribution is -2.29. The molecular weight excluding hydrogens is 687 g/mol. The first-order valence-corrected chi connectivity index (χ1v) is 16.4. The number of benzene rings is 1. The van der Waals surface area contributed by atoms with Crippen LogP contribution in [0.25, 0.3) is 6.08 Å². The van der Waals surface area contributed by atoms with Gasteiger partial charge in [-0.15, -0.1) is 23.2 Å².